The third-order valence-electron chi connectivity index (χ3n) is 2.35. The highest BCUT2D eigenvalue weighted by Gasteiger charge is 2.02. The zero-order valence-electron chi connectivity index (χ0n) is 9.34. The average molecular weight is 227 g/mol. The number of carbonyl (C=O) groups is 1. The number of rotatable bonds is 4. The summed E-state index contributed by atoms with van der Waals surface area (Å²) in [6.45, 7) is 0. The molecule has 1 N–H and O–H groups in total. The molecule has 0 aliphatic rings. The first-order valence-corrected chi connectivity index (χ1v) is 5.43. The Morgan fingerprint density at radius 3 is 2.24 bits per heavy atom. The topological polar surface area (TPSA) is 54.9 Å². The van der Waals surface area contributed by atoms with E-state index in [1.807, 2.05) is 12.1 Å². The van der Waals surface area contributed by atoms with Crippen LogP contribution in [0.4, 0.5) is 5.69 Å². The van der Waals surface area contributed by atoms with Gasteiger partial charge in [-0.2, -0.15) is 0 Å². The molecule has 1 amide bonds. The predicted octanol–water partition coefficient (Wildman–Crippen LogP) is 2.05. The van der Waals surface area contributed by atoms with Gasteiger partial charge in [-0.1, -0.05) is 0 Å². The molecule has 0 aliphatic carbocycles. The molecule has 0 aliphatic heterocycles. The van der Waals surface area contributed by atoms with Crippen LogP contribution in [0.5, 0.6) is 0 Å². The molecule has 4 heteroatoms. The Hall–Kier alpha value is -2.23. The van der Waals surface area contributed by atoms with Gasteiger partial charge in [0.2, 0.25) is 5.91 Å². The quantitative estimate of drug-likeness (QED) is 0.869. The van der Waals surface area contributed by atoms with Gasteiger partial charge in [0.15, 0.2) is 0 Å². The summed E-state index contributed by atoms with van der Waals surface area (Å²) in [6.07, 6.45) is 7.95. The van der Waals surface area contributed by atoms with E-state index in [0.29, 0.717) is 6.42 Å². The largest absolute Gasteiger partial charge is 0.326 e. The zero-order chi connectivity index (χ0) is 11.9. The first kappa shape index (κ1) is 11.3. The normalized spacial score (nSPS) is 9.88. The number of carbonyl (C=O) groups excluding carboxylic acids is 1. The Kier molecular flexibility index (Phi) is 3.81. The summed E-state index contributed by atoms with van der Waals surface area (Å²) in [6, 6.07) is 7.37. The van der Waals surface area contributed by atoms with Crippen molar-refractivity contribution in [3.8, 4) is 0 Å². The van der Waals surface area contributed by atoms with Gasteiger partial charge < -0.3 is 5.32 Å². The van der Waals surface area contributed by atoms with E-state index in [0.717, 1.165) is 17.7 Å². The van der Waals surface area contributed by atoms with E-state index in [-0.39, 0.29) is 5.91 Å². The first-order chi connectivity index (χ1) is 8.34. The van der Waals surface area contributed by atoms with Gasteiger partial charge in [0.05, 0.1) is 0 Å². The minimum absolute atomic E-state index is 0.00742. The molecular formula is C13H13N3O. The highest BCUT2D eigenvalue weighted by Crippen LogP contribution is 2.06. The monoisotopic (exact) mass is 227 g/mol. The molecule has 0 atom stereocenters. The molecule has 0 spiro atoms. The number of hydrogen-bond acceptors (Lipinski definition) is 3. The van der Waals surface area contributed by atoms with Crippen molar-refractivity contribution in [3.63, 3.8) is 0 Å². The second kappa shape index (κ2) is 5.75. The Balaban J connectivity index is 1.83. The van der Waals surface area contributed by atoms with Gasteiger partial charge in [0.25, 0.3) is 0 Å². The summed E-state index contributed by atoms with van der Waals surface area (Å²) in [5.41, 5.74) is 1.89. The molecule has 0 radical (unpaired) electrons. The van der Waals surface area contributed by atoms with Crippen molar-refractivity contribution in [2.75, 3.05) is 5.32 Å². The molecule has 0 fully saturated rings. The van der Waals surface area contributed by atoms with Crippen LogP contribution in [0, 0.1) is 0 Å². The minimum Gasteiger partial charge on any atom is -0.326 e. The standard InChI is InChI=1S/C13H13N3O/c17-13(16-12-5-9-15-10-6-12)2-1-11-3-7-14-8-4-11/h3-10H,1-2H2,(H,15,16,17). The van der Waals surface area contributed by atoms with Crippen LogP contribution in [0.2, 0.25) is 0 Å². The molecule has 17 heavy (non-hydrogen) atoms. The summed E-state index contributed by atoms with van der Waals surface area (Å²) in [7, 11) is 0. The lowest BCUT2D eigenvalue weighted by molar-refractivity contribution is -0.116. The van der Waals surface area contributed by atoms with Crippen molar-refractivity contribution in [1.82, 2.24) is 9.97 Å². The lowest BCUT2D eigenvalue weighted by atomic mass is 10.1. The summed E-state index contributed by atoms with van der Waals surface area (Å²) in [5.74, 6) is 0.00742. The molecule has 0 saturated heterocycles. The third kappa shape index (κ3) is 3.68. The van der Waals surface area contributed by atoms with Gasteiger partial charge in [0.1, 0.15) is 0 Å². The molecule has 2 heterocycles. The van der Waals surface area contributed by atoms with Gasteiger partial charge in [0, 0.05) is 36.9 Å². The van der Waals surface area contributed by atoms with E-state index in [1.165, 1.54) is 0 Å². The van der Waals surface area contributed by atoms with Crippen molar-refractivity contribution in [1.29, 1.82) is 0 Å². The van der Waals surface area contributed by atoms with Crippen LogP contribution in [0.15, 0.2) is 49.1 Å². The second-order valence-electron chi connectivity index (χ2n) is 3.64. The first-order valence-electron chi connectivity index (χ1n) is 5.43. The van der Waals surface area contributed by atoms with Crippen LogP contribution < -0.4 is 5.32 Å². The molecule has 2 aromatic rings. The summed E-state index contributed by atoms with van der Waals surface area (Å²) < 4.78 is 0. The van der Waals surface area contributed by atoms with E-state index < -0.39 is 0 Å². The molecule has 0 unspecified atom stereocenters. The van der Waals surface area contributed by atoms with E-state index in [2.05, 4.69) is 15.3 Å². The van der Waals surface area contributed by atoms with Crippen molar-refractivity contribution in [2.45, 2.75) is 12.8 Å². The predicted molar refractivity (Wildman–Crippen MR) is 65.4 cm³/mol. The number of aromatic nitrogens is 2. The van der Waals surface area contributed by atoms with E-state index in [9.17, 15) is 4.79 Å². The highest BCUT2D eigenvalue weighted by molar-refractivity contribution is 5.90. The van der Waals surface area contributed by atoms with Crippen molar-refractivity contribution in [2.24, 2.45) is 0 Å². The highest BCUT2D eigenvalue weighted by atomic mass is 16.1. The average Bonchev–Trinajstić information content (AvgIpc) is 2.39. The Morgan fingerprint density at radius 1 is 1.00 bits per heavy atom. The van der Waals surface area contributed by atoms with E-state index >= 15 is 0 Å². The van der Waals surface area contributed by atoms with Crippen LogP contribution in [0.25, 0.3) is 0 Å². The molecule has 86 valence electrons. The third-order valence-corrected chi connectivity index (χ3v) is 2.35. The number of hydrogen-bond donors (Lipinski definition) is 1. The maximum atomic E-state index is 11.6. The maximum absolute atomic E-state index is 11.6. The van der Waals surface area contributed by atoms with Crippen molar-refractivity contribution < 1.29 is 4.79 Å². The Morgan fingerprint density at radius 2 is 1.59 bits per heavy atom. The van der Waals surface area contributed by atoms with Crippen molar-refractivity contribution >= 4 is 11.6 Å². The van der Waals surface area contributed by atoms with Gasteiger partial charge in [-0.15, -0.1) is 0 Å². The molecular weight excluding hydrogens is 214 g/mol. The molecule has 0 aromatic carbocycles. The van der Waals surface area contributed by atoms with Gasteiger partial charge >= 0.3 is 0 Å². The van der Waals surface area contributed by atoms with Gasteiger partial charge in [-0.25, -0.2) is 0 Å². The smallest absolute Gasteiger partial charge is 0.224 e. The van der Waals surface area contributed by atoms with Gasteiger partial charge in [-0.3, -0.25) is 14.8 Å². The Bertz CT molecular complexity index is 471. The lowest BCUT2D eigenvalue weighted by Gasteiger charge is -2.04. The molecule has 4 nitrogen and oxygen atoms in total. The lowest BCUT2D eigenvalue weighted by Crippen LogP contribution is -2.12. The second-order valence-corrected chi connectivity index (χ2v) is 3.64. The Labute approximate surface area is 99.7 Å². The van der Waals surface area contributed by atoms with Crippen LogP contribution in [0.3, 0.4) is 0 Å². The number of aryl methyl sites for hydroxylation is 1. The zero-order valence-corrected chi connectivity index (χ0v) is 9.34. The van der Waals surface area contributed by atoms with Crippen LogP contribution >= 0.6 is 0 Å². The summed E-state index contributed by atoms with van der Waals surface area (Å²) in [5, 5.41) is 2.82. The van der Waals surface area contributed by atoms with E-state index in [1.54, 1.807) is 36.9 Å². The van der Waals surface area contributed by atoms with Crippen LogP contribution in [-0.2, 0) is 11.2 Å². The number of anilines is 1. The number of amides is 1. The molecule has 0 bridgehead atoms. The summed E-state index contributed by atoms with van der Waals surface area (Å²) >= 11 is 0. The molecule has 2 rings (SSSR count). The fourth-order valence-electron chi connectivity index (χ4n) is 1.47. The van der Waals surface area contributed by atoms with Gasteiger partial charge in [-0.05, 0) is 36.2 Å². The number of nitrogens with zero attached hydrogens (tertiary/aromatic N) is 2. The number of nitrogens with one attached hydrogen (secondary N) is 1. The molecule has 2 aromatic heterocycles. The minimum atomic E-state index is 0.00742. The van der Waals surface area contributed by atoms with Crippen molar-refractivity contribution in [3.05, 3.63) is 54.6 Å². The fraction of sp³-hybridized carbons (Fsp3) is 0.154. The SMILES string of the molecule is O=C(CCc1ccncc1)Nc1ccncc1. The van der Waals surface area contributed by atoms with E-state index in [4.69, 9.17) is 0 Å². The fourth-order valence-corrected chi connectivity index (χ4v) is 1.47. The maximum Gasteiger partial charge on any atom is 0.224 e. The number of pyridine rings is 2. The molecule has 0 saturated carbocycles. The van der Waals surface area contributed by atoms with Crippen LogP contribution in [0.1, 0.15) is 12.0 Å². The summed E-state index contributed by atoms with van der Waals surface area (Å²) in [4.78, 5) is 19.5. The van der Waals surface area contributed by atoms with Crippen LogP contribution in [-0.4, -0.2) is 15.9 Å².